The van der Waals surface area contributed by atoms with Crippen molar-refractivity contribution in [2.24, 2.45) is 5.92 Å². The molecule has 2 N–H and O–H groups in total. The summed E-state index contributed by atoms with van der Waals surface area (Å²) in [6.45, 7) is 1.47. The van der Waals surface area contributed by atoms with E-state index in [1.54, 1.807) is 29.0 Å². The lowest BCUT2D eigenvalue weighted by Gasteiger charge is -2.29. The van der Waals surface area contributed by atoms with Crippen LogP contribution in [0.5, 0.6) is 5.75 Å². The van der Waals surface area contributed by atoms with Gasteiger partial charge in [0.15, 0.2) is 5.82 Å². The van der Waals surface area contributed by atoms with Gasteiger partial charge in [0, 0.05) is 25.4 Å². The Morgan fingerprint density at radius 3 is 2.54 bits per heavy atom. The molecule has 2 aromatic rings. The summed E-state index contributed by atoms with van der Waals surface area (Å²) in [5.41, 5.74) is 1.07. The molecule has 2 heterocycles. The summed E-state index contributed by atoms with van der Waals surface area (Å²) in [7, 11) is 1.63. The lowest BCUT2D eigenvalue weighted by Crippen LogP contribution is -2.42. The Labute approximate surface area is 151 Å². The van der Waals surface area contributed by atoms with Crippen LogP contribution in [0.4, 0.5) is 10.6 Å². The standard InChI is InChI=1S/C18H22N4O4/c1-26-15-4-2-13(3-5-15)12-22-11-8-16(20-22)19-18(25)21-9-6-14(7-10-21)17(23)24/h2-5,8,11,14H,6-7,9-10,12H2,1H3,(H,23,24)(H,19,20,25). The largest absolute Gasteiger partial charge is 0.497 e. The van der Waals surface area contributed by atoms with E-state index in [1.165, 1.54) is 0 Å². The van der Waals surface area contributed by atoms with E-state index in [-0.39, 0.29) is 11.9 Å². The minimum Gasteiger partial charge on any atom is -0.497 e. The minimum atomic E-state index is -0.790. The highest BCUT2D eigenvalue weighted by Gasteiger charge is 2.27. The van der Waals surface area contributed by atoms with E-state index in [0.717, 1.165) is 11.3 Å². The van der Waals surface area contributed by atoms with Crippen LogP contribution >= 0.6 is 0 Å². The summed E-state index contributed by atoms with van der Waals surface area (Å²) in [6, 6.07) is 9.20. The van der Waals surface area contributed by atoms with Crippen LogP contribution < -0.4 is 10.1 Å². The SMILES string of the molecule is COc1ccc(Cn2ccc(NC(=O)N3CCC(C(=O)O)CC3)n2)cc1. The number of carboxylic acid groups (broad SMARTS) is 1. The molecule has 26 heavy (non-hydrogen) atoms. The van der Waals surface area contributed by atoms with Gasteiger partial charge in [-0.2, -0.15) is 5.10 Å². The fraction of sp³-hybridized carbons (Fsp3) is 0.389. The molecule has 0 radical (unpaired) electrons. The molecule has 8 nitrogen and oxygen atoms in total. The van der Waals surface area contributed by atoms with Crippen LogP contribution in [0.3, 0.4) is 0 Å². The average molecular weight is 358 g/mol. The Balaban J connectivity index is 1.53. The third-order valence-corrected chi connectivity index (χ3v) is 4.51. The van der Waals surface area contributed by atoms with Crippen molar-refractivity contribution in [3.63, 3.8) is 0 Å². The lowest BCUT2D eigenvalue weighted by molar-refractivity contribution is -0.143. The number of carbonyl (C=O) groups excluding carboxylic acids is 1. The van der Waals surface area contributed by atoms with Gasteiger partial charge >= 0.3 is 12.0 Å². The Hall–Kier alpha value is -3.03. The molecule has 1 aliphatic heterocycles. The highest BCUT2D eigenvalue weighted by Crippen LogP contribution is 2.18. The first-order chi connectivity index (χ1) is 12.5. The molecule has 2 amide bonds. The van der Waals surface area contributed by atoms with Crippen LogP contribution in [-0.4, -0.2) is 52.0 Å². The van der Waals surface area contributed by atoms with Crippen molar-refractivity contribution in [3.8, 4) is 5.75 Å². The van der Waals surface area contributed by atoms with E-state index in [2.05, 4.69) is 10.4 Å². The topological polar surface area (TPSA) is 96.7 Å². The highest BCUT2D eigenvalue weighted by atomic mass is 16.5. The van der Waals surface area contributed by atoms with E-state index in [9.17, 15) is 9.59 Å². The van der Waals surface area contributed by atoms with Gasteiger partial charge in [-0.3, -0.25) is 14.8 Å². The lowest BCUT2D eigenvalue weighted by atomic mass is 9.97. The number of carboxylic acids is 1. The third kappa shape index (κ3) is 4.33. The number of likely N-dealkylation sites (tertiary alicyclic amines) is 1. The third-order valence-electron chi connectivity index (χ3n) is 4.51. The number of ether oxygens (including phenoxy) is 1. The Morgan fingerprint density at radius 1 is 1.23 bits per heavy atom. The maximum absolute atomic E-state index is 12.3. The van der Waals surface area contributed by atoms with Crippen LogP contribution in [0.15, 0.2) is 36.5 Å². The molecule has 0 unspecified atom stereocenters. The zero-order valence-electron chi connectivity index (χ0n) is 14.6. The van der Waals surface area contributed by atoms with Gasteiger partial charge in [0.1, 0.15) is 5.75 Å². The number of rotatable bonds is 5. The van der Waals surface area contributed by atoms with E-state index in [4.69, 9.17) is 9.84 Å². The second-order valence-electron chi connectivity index (χ2n) is 6.28. The predicted octanol–water partition coefficient (Wildman–Crippen LogP) is 2.27. The maximum atomic E-state index is 12.3. The van der Waals surface area contributed by atoms with Gasteiger partial charge in [-0.25, -0.2) is 4.79 Å². The predicted molar refractivity (Wildman–Crippen MR) is 95.3 cm³/mol. The molecule has 0 aliphatic carbocycles. The molecule has 0 bridgehead atoms. The molecule has 8 heteroatoms. The normalized spacial score (nSPS) is 14.9. The molecule has 1 fully saturated rings. The van der Waals surface area contributed by atoms with E-state index < -0.39 is 5.97 Å². The zero-order valence-corrected chi connectivity index (χ0v) is 14.6. The number of carbonyl (C=O) groups is 2. The van der Waals surface area contributed by atoms with Crippen molar-refractivity contribution in [2.75, 3.05) is 25.5 Å². The number of amides is 2. The summed E-state index contributed by atoms with van der Waals surface area (Å²) in [5.74, 6) is 0.128. The fourth-order valence-electron chi connectivity index (χ4n) is 2.95. The molecule has 0 atom stereocenters. The molecule has 138 valence electrons. The number of benzene rings is 1. The van der Waals surface area contributed by atoms with Crippen LogP contribution in [0, 0.1) is 5.92 Å². The Kier molecular flexibility index (Phi) is 5.40. The number of aromatic nitrogens is 2. The van der Waals surface area contributed by atoms with Gasteiger partial charge in [0.05, 0.1) is 19.6 Å². The van der Waals surface area contributed by atoms with Crippen LogP contribution in [0.25, 0.3) is 0 Å². The quantitative estimate of drug-likeness (QED) is 0.855. The number of piperidine rings is 1. The maximum Gasteiger partial charge on any atom is 0.323 e. The van der Waals surface area contributed by atoms with Crippen LogP contribution in [0.2, 0.25) is 0 Å². The van der Waals surface area contributed by atoms with Crippen molar-refractivity contribution in [3.05, 3.63) is 42.1 Å². The average Bonchev–Trinajstić information content (AvgIpc) is 3.09. The van der Waals surface area contributed by atoms with Crippen molar-refractivity contribution < 1.29 is 19.4 Å². The van der Waals surface area contributed by atoms with E-state index in [1.807, 2.05) is 24.3 Å². The Morgan fingerprint density at radius 2 is 1.92 bits per heavy atom. The number of nitrogens with zero attached hydrogens (tertiary/aromatic N) is 3. The number of hydrogen-bond donors (Lipinski definition) is 2. The van der Waals surface area contributed by atoms with Gasteiger partial charge < -0.3 is 14.7 Å². The van der Waals surface area contributed by atoms with Crippen molar-refractivity contribution in [2.45, 2.75) is 19.4 Å². The number of methoxy groups -OCH3 is 1. The fourth-order valence-corrected chi connectivity index (χ4v) is 2.95. The number of urea groups is 1. The molecule has 0 saturated carbocycles. The van der Waals surface area contributed by atoms with Gasteiger partial charge in [-0.05, 0) is 30.5 Å². The molecule has 1 aliphatic rings. The van der Waals surface area contributed by atoms with E-state index in [0.29, 0.717) is 38.3 Å². The summed E-state index contributed by atoms with van der Waals surface area (Å²) in [6.07, 6.45) is 2.76. The van der Waals surface area contributed by atoms with Crippen LogP contribution in [-0.2, 0) is 11.3 Å². The molecule has 3 rings (SSSR count). The van der Waals surface area contributed by atoms with E-state index >= 15 is 0 Å². The summed E-state index contributed by atoms with van der Waals surface area (Å²) >= 11 is 0. The summed E-state index contributed by atoms with van der Waals surface area (Å²) in [5, 5.41) is 16.1. The summed E-state index contributed by atoms with van der Waals surface area (Å²) < 4.78 is 6.88. The molecule has 1 aromatic heterocycles. The number of nitrogens with one attached hydrogen (secondary N) is 1. The molecular formula is C18H22N4O4. The summed E-state index contributed by atoms with van der Waals surface area (Å²) in [4.78, 5) is 24.9. The second kappa shape index (κ2) is 7.90. The first kappa shape index (κ1) is 17.8. The van der Waals surface area contributed by atoms with Gasteiger partial charge in [-0.1, -0.05) is 12.1 Å². The first-order valence-corrected chi connectivity index (χ1v) is 8.50. The Bertz CT molecular complexity index is 764. The van der Waals surface area contributed by atoms with Crippen molar-refractivity contribution in [1.29, 1.82) is 0 Å². The number of hydrogen-bond acceptors (Lipinski definition) is 4. The van der Waals surface area contributed by atoms with Gasteiger partial charge in [0.25, 0.3) is 0 Å². The monoisotopic (exact) mass is 358 g/mol. The molecule has 1 saturated heterocycles. The number of anilines is 1. The molecular weight excluding hydrogens is 336 g/mol. The number of aliphatic carboxylic acids is 1. The highest BCUT2D eigenvalue weighted by molar-refractivity contribution is 5.88. The molecule has 0 spiro atoms. The van der Waals surface area contributed by atoms with Crippen LogP contribution in [0.1, 0.15) is 18.4 Å². The van der Waals surface area contributed by atoms with Gasteiger partial charge in [0.2, 0.25) is 0 Å². The van der Waals surface area contributed by atoms with Crippen molar-refractivity contribution >= 4 is 17.8 Å². The smallest absolute Gasteiger partial charge is 0.323 e. The first-order valence-electron chi connectivity index (χ1n) is 8.50. The minimum absolute atomic E-state index is 0.247. The second-order valence-corrected chi connectivity index (χ2v) is 6.28. The van der Waals surface area contributed by atoms with Gasteiger partial charge in [-0.15, -0.1) is 0 Å². The van der Waals surface area contributed by atoms with Crippen molar-refractivity contribution in [1.82, 2.24) is 14.7 Å². The molecule has 1 aromatic carbocycles. The zero-order chi connectivity index (χ0) is 18.5.